The van der Waals surface area contributed by atoms with Crippen molar-refractivity contribution in [2.24, 2.45) is 4.99 Å². The Morgan fingerprint density at radius 1 is 1.33 bits per heavy atom. The number of hydrogen-bond donors (Lipinski definition) is 1. The first-order chi connectivity index (χ1) is 7.95. The zero-order valence-corrected chi connectivity index (χ0v) is 13.9. The molecule has 0 radical (unpaired) electrons. The quantitative estimate of drug-likeness (QED) is 0.177. The fourth-order valence-corrected chi connectivity index (χ4v) is 1.68. The van der Waals surface area contributed by atoms with Crippen LogP contribution in [0.4, 0.5) is 0 Å². The summed E-state index contributed by atoms with van der Waals surface area (Å²) in [5.74, 6) is -0.707. The first-order valence-electron chi connectivity index (χ1n) is 5.79. The van der Waals surface area contributed by atoms with Crippen LogP contribution in [0, 0.1) is 0 Å². The maximum atomic E-state index is 11.1. The van der Waals surface area contributed by atoms with Crippen molar-refractivity contribution < 1.29 is 47.6 Å². The van der Waals surface area contributed by atoms with Crippen molar-refractivity contribution >= 4 is 16.0 Å². The standard InChI is InChI=1S/C11H21NO4S.Na/c1-2-3-4-5-6-8-11(13)12-9-7-10-17(14,15)16;/h6,8H,2-5,7,9-10H2,1H3,(H,12,13)(H,14,15,16);/q;+1/p-1/b8-6+;. The van der Waals surface area contributed by atoms with Gasteiger partial charge in [0.15, 0.2) is 0 Å². The van der Waals surface area contributed by atoms with Gasteiger partial charge in [-0.1, -0.05) is 31.9 Å². The number of rotatable bonds is 9. The number of unbranched alkanes of at least 4 members (excludes halogenated alkanes) is 3. The van der Waals surface area contributed by atoms with Crippen molar-refractivity contribution in [3.05, 3.63) is 12.2 Å². The van der Waals surface area contributed by atoms with Gasteiger partial charge in [0.1, 0.15) is 0 Å². The Labute approximate surface area is 131 Å². The summed E-state index contributed by atoms with van der Waals surface area (Å²) in [4.78, 5) is 3.64. The molecule has 0 spiro atoms. The zero-order chi connectivity index (χ0) is 13.1. The van der Waals surface area contributed by atoms with E-state index in [0.29, 0.717) is 0 Å². The second kappa shape index (κ2) is 12.2. The normalized spacial score (nSPS) is 12.7. The smallest absolute Gasteiger partial charge is 0.859 e. The Morgan fingerprint density at radius 3 is 2.56 bits per heavy atom. The third-order valence-electron chi connectivity index (χ3n) is 2.06. The third-order valence-corrected chi connectivity index (χ3v) is 2.87. The molecule has 0 aliphatic rings. The molecular formula is C11H20NNaO4S. The van der Waals surface area contributed by atoms with E-state index in [1.54, 1.807) is 6.08 Å². The predicted octanol–water partition coefficient (Wildman–Crippen LogP) is -1.84. The molecule has 18 heavy (non-hydrogen) atoms. The van der Waals surface area contributed by atoms with Gasteiger partial charge < -0.3 is 10.1 Å². The van der Waals surface area contributed by atoms with Gasteiger partial charge >= 0.3 is 29.6 Å². The molecule has 0 heterocycles. The summed E-state index contributed by atoms with van der Waals surface area (Å²) in [6, 6.07) is 0. The summed E-state index contributed by atoms with van der Waals surface area (Å²) in [7, 11) is -3.94. The second-order valence-corrected chi connectivity index (χ2v) is 5.33. The van der Waals surface area contributed by atoms with E-state index >= 15 is 0 Å². The molecule has 1 N–H and O–H groups in total. The largest absolute Gasteiger partial charge is 1.00 e. The van der Waals surface area contributed by atoms with E-state index in [4.69, 9.17) is 4.55 Å². The molecule has 0 unspecified atom stereocenters. The predicted molar refractivity (Wildman–Crippen MR) is 66.6 cm³/mol. The van der Waals surface area contributed by atoms with Crippen LogP contribution in [0.25, 0.3) is 0 Å². The van der Waals surface area contributed by atoms with Crippen LogP contribution in [0.5, 0.6) is 0 Å². The molecule has 0 aromatic heterocycles. The van der Waals surface area contributed by atoms with Gasteiger partial charge in [0.05, 0.1) is 5.75 Å². The van der Waals surface area contributed by atoms with Crippen LogP contribution in [0.1, 0.15) is 39.0 Å². The molecule has 0 aliphatic heterocycles. The van der Waals surface area contributed by atoms with E-state index < -0.39 is 10.1 Å². The van der Waals surface area contributed by atoms with E-state index in [1.807, 2.05) is 0 Å². The van der Waals surface area contributed by atoms with Gasteiger partial charge in [-0.15, -0.1) is 0 Å². The van der Waals surface area contributed by atoms with Crippen molar-refractivity contribution in [3.8, 4) is 0 Å². The third kappa shape index (κ3) is 16.1. The van der Waals surface area contributed by atoms with Gasteiger partial charge in [-0.25, -0.2) is 0 Å². The second-order valence-electron chi connectivity index (χ2n) is 3.76. The average molecular weight is 285 g/mol. The molecular weight excluding hydrogens is 265 g/mol. The van der Waals surface area contributed by atoms with Gasteiger partial charge in [-0.05, 0) is 25.2 Å². The number of hydrogen-bond acceptors (Lipinski definition) is 4. The van der Waals surface area contributed by atoms with Crippen LogP contribution in [0.15, 0.2) is 17.1 Å². The van der Waals surface area contributed by atoms with Gasteiger partial charge in [0.2, 0.25) is 0 Å². The van der Waals surface area contributed by atoms with E-state index in [2.05, 4.69) is 11.9 Å². The maximum absolute atomic E-state index is 11.1. The van der Waals surface area contributed by atoms with E-state index in [9.17, 15) is 13.5 Å². The summed E-state index contributed by atoms with van der Waals surface area (Å²) >= 11 is 0. The zero-order valence-electron chi connectivity index (χ0n) is 11.1. The number of nitrogens with zero attached hydrogens (tertiary/aromatic N) is 1. The molecule has 0 aromatic carbocycles. The summed E-state index contributed by atoms with van der Waals surface area (Å²) in [6.07, 6.45) is 7.55. The molecule has 7 heteroatoms. The molecule has 0 rings (SSSR count). The Kier molecular flexibility index (Phi) is 13.8. The van der Waals surface area contributed by atoms with Crippen LogP contribution in [0.3, 0.4) is 0 Å². The molecule has 0 bridgehead atoms. The number of aliphatic imine (C=N–C) groups is 1. The minimum atomic E-state index is -3.94. The van der Waals surface area contributed by atoms with E-state index in [-0.39, 0.29) is 54.2 Å². The van der Waals surface area contributed by atoms with Crippen molar-refractivity contribution in [3.63, 3.8) is 0 Å². The summed E-state index contributed by atoms with van der Waals surface area (Å²) < 4.78 is 29.2. The summed E-state index contributed by atoms with van der Waals surface area (Å²) in [5.41, 5.74) is 0. The Hall–Kier alpha value is 0.120. The van der Waals surface area contributed by atoms with Crippen molar-refractivity contribution in [2.45, 2.75) is 39.0 Å². The van der Waals surface area contributed by atoms with Gasteiger partial charge in [-0.2, -0.15) is 8.42 Å². The van der Waals surface area contributed by atoms with Crippen molar-refractivity contribution in [2.75, 3.05) is 12.3 Å². The fraction of sp³-hybridized carbons (Fsp3) is 0.727. The molecule has 5 nitrogen and oxygen atoms in total. The van der Waals surface area contributed by atoms with Gasteiger partial charge in [0.25, 0.3) is 10.1 Å². The molecule has 0 fully saturated rings. The van der Waals surface area contributed by atoms with Gasteiger partial charge in [0, 0.05) is 6.54 Å². The summed E-state index contributed by atoms with van der Waals surface area (Å²) in [5, 5.41) is 11.1. The number of allylic oxidation sites excluding steroid dienone is 1. The Balaban J connectivity index is 0. The Morgan fingerprint density at radius 2 is 2.00 bits per heavy atom. The maximum Gasteiger partial charge on any atom is 1.00 e. The molecule has 0 aromatic rings. The van der Waals surface area contributed by atoms with Crippen LogP contribution in [-0.4, -0.2) is 31.2 Å². The van der Waals surface area contributed by atoms with Crippen LogP contribution in [0.2, 0.25) is 0 Å². The van der Waals surface area contributed by atoms with Crippen LogP contribution in [-0.2, 0) is 10.1 Å². The molecule has 0 atom stereocenters. The average Bonchev–Trinajstić information content (AvgIpc) is 2.23. The topological polar surface area (TPSA) is 89.8 Å². The van der Waals surface area contributed by atoms with Crippen LogP contribution < -0.4 is 34.7 Å². The summed E-state index contributed by atoms with van der Waals surface area (Å²) in [6.45, 7) is 2.23. The molecule has 100 valence electrons. The fourth-order valence-electron chi connectivity index (χ4n) is 1.19. The molecule has 0 saturated carbocycles. The minimum Gasteiger partial charge on any atom is -0.859 e. The van der Waals surface area contributed by atoms with Crippen molar-refractivity contribution in [1.29, 1.82) is 0 Å². The van der Waals surface area contributed by atoms with E-state index in [0.717, 1.165) is 25.7 Å². The molecule has 0 saturated heterocycles. The first-order valence-corrected chi connectivity index (χ1v) is 7.40. The van der Waals surface area contributed by atoms with E-state index in [1.165, 1.54) is 6.08 Å². The first kappa shape index (κ1) is 20.4. The van der Waals surface area contributed by atoms with Crippen molar-refractivity contribution in [1.82, 2.24) is 0 Å². The Bertz CT molecular complexity index is 352. The monoisotopic (exact) mass is 285 g/mol. The molecule has 0 aliphatic carbocycles. The SMILES string of the molecule is CCCCC/C=C/C([O-])=NCCCS(=O)(=O)O.[Na+]. The van der Waals surface area contributed by atoms with Crippen LogP contribution >= 0.6 is 0 Å². The van der Waals surface area contributed by atoms with Gasteiger partial charge in [-0.3, -0.25) is 4.55 Å². The molecule has 0 amide bonds. The minimum absolute atomic E-state index is 0.